The summed E-state index contributed by atoms with van der Waals surface area (Å²) in [4.78, 5) is 11.0. The van der Waals surface area contributed by atoms with Crippen molar-refractivity contribution in [1.82, 2.24) is 4.41 Å². The number of rotatable bonds is 7. The zero-order valence-electron chi connectivity index (χ0n) is 13.2. The van der Waals surface area contributed by atoms with Gasteiger partial charge in [0, 0.05) is 0 Å². The van der Waals surface area contributed by atoms with Crippen molar-refractivity contribution in [3.8, 4) is 0 Å². The van der Waals surface area contributed by atoms with Gasteiger partial charge in [0.1, 0.15) is 0 Å². The van der Waals surface area contributed by atoms with Crippen LogP contribution in [-0.2, 0) is 14.8 Å². The van der Waals surface area contributed by atoms with Gasteiger partial charge in [0.25, 0.3) is 0 Å². The van der Waals surface area contributed by atoms with Gasteiger partial charge in [-0.25, -0.2) is 0 Å². The molecular formula is C15H13N3NaO5S. The summed E-state index contributed by atoms with van der Waals surface area (Å²) >= 11 is -0.253. The molecule has 1 atom stereocenters. The van der Waals surface area contributed by atoms with Crippen molar-refractivity contribution in [2.45, 2.75) is 7.75 Å². The fourth-order valence-electron chi connectivity index (χ4n) is 1.70. The first-order chi connectivity index (χ1) is 11.7. The Morgan fingerprint density at radius 3 is 2.12 bits per heavy atom. The van der Waals surface area contributed by atoms with Gasteiger partial charge in [-0.3, -0.25) is 0 Å². The molecule has 0 aliphatic heterocycles. The standard InChI is InChI=1S/C15H13N3O5S.Na/c19-14(15(20)21)11-18(17-16-12-7-3-1-4-8-12)24(22,23)13-9-5-2-6-10-13;/h1-11,19H,(H,20,21);. The quantitative estimate of drug-likeness (QED) is 0.435. The molecule has 0 saturated carbocycles. The van der Waals surface area contributed by atoms with Crippen LogP contribution in [0.1, 0.15) is 0 Å². The third-order valence-electron chi connectivity index (χ3n) is 3.09. The number of carboxylic acid groups (broad SMARTS) is 1. The molecule has 0 aliphatic rings. The molecule has 1 radical (unpaired) electrons. The maximum atomic E-state index is 12.7. The summed E-state index contributed by atoms with van der Waals surface area (Å²) in [6, 6.07) is 15.7. The summed E-state index contributed by atoms with van der Waals surface area (Å²) in [7, 11) is -4.22. The number of hydrogen-bond acceptors (Lipinski definition) is 6. The van der Waals surface area contributed by atoms with Crippen molar-refractivity contribution in [3.05, 3.63) is 67.2 Å². The molecule has 10 heteroatoms. The van der Waals surface area contributed by atoms with Crippen molar-refractivity contribution in [2.24, 2.45) is 10.3 Å². The average Bonchev–Trinajstić information content (AvgIpc) is 2.60. The van der Waals surface area contributed by atoms with E-state index in [1.165, 1.54) is 24.3 Å². The van der Waals surface area contributed by atoms with Gasteiger partial charge in [-0.05, 0) is 0 Å². The number of aliphatic hydroxyl groups is 1. The normalized spacial score (nSPS) is 14.2. The molecule has 2 rings (SSSR count). The Kier molecular flexibility index (Phi) is 6.31. The number of hydrogen-bond donors (Lipinski definition) is 2. The number of sulfonamides is 1. The second kappa shape index (κ2) is 8.07. The third-order valence-corrected chi connectivity index (χ3v) is 5.31. The van der Waals surface area contributed by atoms with E-state index in [0.717, 1.165) is 0 Å². The van der Waals surface area contributed by atoms with Gasteiger partial charge in [0.2, 0.25) is 0 Å². The molecule has 2 aromatic carbocycles. The predicted molar refractivity (Wildman–Crippen MR) is 89.1 cm³/mol. The SMILES string of the molecule is O=C(O)[C](O)([Na])[CH]N(N=Nc1ccccc1)S(=O)(=O)c1ccccc1. The fourth-order valence-corrected chi connectivity index (χ4v) is 3.33. The van der Waals surface area contributed by atoms with Crippen LogP contribution in [0.4, 0.5) is 5.69 Å². The average molecular weight is 370 g/mol. The number of nitrogens with zero attached hydrogens (tertiary/aromatic N) is 3. The van der Waals surface area contributed by atoms with Gasteiger partial charge in [0.15, 0.2) is 0 Å². The molecule has 0 heterocycles. The molecule has 2 N–H and O–H groups in total. The Balaban J connectivity index is 2.42. The van der Waals surface area contributed by atoms with Gasteiger partial charge < -0.3 is 0 Å². The molecule has 0 bridgehead atoms. The second-order valence-electron chi connectivity index (χ2n) is 5.20. The van der Waals surface area contributed by atoms with Crippen LogP contribution in [0, 0.1) is 6.54 Å². The minimum absolute atomic E-state index is 0.110. The second-order valence-corrected chi connectivity index (χ2v) is 8.52. The van der Waals surface area contributed by atoms with Crippen molar-refractivity contribution in [1.29, 1.82) is 0 Å². The zero-order valence-corrected chi connectivity index (χ0v) is 16.0. The monoisotopic (exact) mass is 370 g/mol. The van der Waals surface area contributed by atoms with Crippen molar-refractivity contribution >= 4 is 49.6 Å². The topological polar surface area (TPSA) is 120 Å². The summed E-state index contributed by atoms with van der Waals surface area (Å²) in [6.45, 7) is 0.635. The Morgan fingerprint density at radius 2 is 1.60 bits per heavy atom. The first kappa shape index (κ1) is 19.5. The van der Waals surface area contributed by atoms with Crippen LogP contribution < -0.4 is 0 Å². The minimum atomic E-state index is -4.22. The van der Waals surface area contributed by atoms with E-state index in [4.69, 9.17) is 5.11 Å². The van der Waals surface area contributed by atoms with Crippen molar-refractivity contribution < 1.29 is 23.4 Å². The third kappa shape index (κ3) is 5.10. The van der Waals surface area contributed by atoms with E-state index in [2.05, 4.69) is 10.3 Å². The number of carbonyl (C=O) groups is 1. The molecule has 25 heavy (non-hydrogen) atoms. The number of benzene rings is 2. The summed E-state index contributed by atoms with van der Waals surface area (Å²) in [5.74, 6) is -1.57. The van der Waals surface area contributed by atoms with Crippen molar-refractivity contribution in [3.63, 3.8) is 0 Å². The van der Waals surface area contributed by atoms with Gasteiger partial charge in [0.05, 0.1) is 0 Å². The molecule has 0 fully saturated rings. The fraction of sp³-hybridized carbons (Fsp3) is 0.0667. The van der Waals surface area contributed by atoms with Gasteiger partial charge in [-0.15, -0.1) is 0 Å². The Labute approximate surface area is 162 Å². The summed E-state index contributed by atoms with van der Waals surface area (Å²) in [5.41, 5.74) is 0.372. The molecule has 0 aromatic heterocycles. The first-order valence-electron chi connectivity index (χ1n) is 7.11. The summed E-state index contributed by atoms with van der Waals surface area (Å²) in [5, 5.41) is 26.5. The molecule has 1 unspecified atom stereocenters. The molecule has 125 valence electrons. The van der Waals surface area contributed by atoms with Crippen LogP contribution >= 0.6 is 0 Å². The van der Waals surface area contributed by atoms with E-state index < -0.39 is 18.8 Å². The maximum absolute atomic E-state index is 12.7. The molecule has 2 aromatic rings. The van der Waals surface area contributed by atoms with E-state index in [0.29, 0.717) is 16.6 Å². The van der Waals surface area contributed by atoms with Gasteiger partial charge >= 0.3 is 163 Å². The molecule has 0 spiro atoms. The molecule has 8 nitrogen and oxygen atoms in total. The van der Waals surface area contributed by atoms with Crippen LogP contribution in [0.25, 0.3) is 0 Å². The van der Waals surface area contributed by atoms with E-state index >= 15 is 0 Å². The molecule has 0 aliphatic carbocycles. The Morgan fingerprint density at radius 1 is 1.08 bits per heavy atom. The summed E-state index contributed by atoms with van der Waals surface area (Å²) < 4.78 is 23.5. The molecular weight excluding hydrogens is 357 g/mol. The number of aliphatic carboxylic acids is 1. The van der Waals surface area contributed by atoms with E-state index in [9.17, 15) is 18.3 Å². The summed E-state index contributed by atoms with van der Waals surface area (Å²) in [6.07, 6.45) is 0. The van der Waals surface area contributed by atoms with E-state index in [1.807, 2.05) is 0 Å². The van der Waals surface area contributed by atoms with Crippen molar-refractivity contribution in [2.75, 3.05) is 0 Å². The van der Waals surface area contributed by atoms with Crippen LogP contribution in [-0.4, -0.2) is 59.8 Å². The number of carboxylic acids is 1. The van der Waals surface area contributed by atoms with Crippen LogP contribution in [0.2, 0.25) is 0 Å². The molecule has 0 saturated heterocycles. The zero-order chi connectivity index (χ0) is 18.5. The van der Waals surface area contributed by atoms with Crippen LogP contribution in [0.5, 0.6) is 0 Å². The van der Waals surface area contributed by atoms with Gasteiger partial charge in [-0.1, -0.05) is 0 Å². The Bertz CT molecular complexity index is 857. The predicted octanol–water partition coefficient (Wildman–Crippen LogP) is 1.48. The first-order valence-corrected chi connectivity index (χ1v) is 9.55. The van der Waals surface area contributed by atoms with E-state index in [-0.39, 0.29) is 32.8 Å². The Hall–Kier alpha value is -1.78. The van der Waals surface area contributed by atoms with Crippen LogP contribution in [0.3, 0.4) is 0 Å². The van der Waals surface area contributed by atoms with Gasteiger partial charge in [-0.2, -0.15) is 0 Å². The van der Waals surface area contributed by atoms with E-state index in [1.54, 1.807) is 36.4 Å². The van der Waals surface area contributed by atoms with Crippen LogP contribution in [0.15, 0.2) is 75.9 Å². The molecule has 0 amide bonds.